The van der Waals surface area contributed by atoms with E-state index in [1.54, 1.807) is 30.2 Å². The minimum atomic E-state index is -0.294. The summed E-state index contributed by atoms with van der Waals surface area (Å²) in [5, 5.41) is 2.81. The molecular formula is C20H23N3O5. The van der Waals surface area contributed by atoms with Gasteiger partial charge in [-0.3, -0.25) is 14.5 Å². The molecule has 3 aliphatic rings. The van der Waals surface area contributed by atoms with Gasteiger partial charge in [-0.1, -0.05) is 12.2 Å². The van der Waals surface area contributed by atoms with Crippen LogP contribution in [0.25, 0.3) is 0 Å². The molecule has 1 aromatic carbocycles. The number of carbonyl (C=O) groups is 3. The predicted octanol–water partition coefficient (Wildman–Crippen LogP) is 1.87. The van der Waals surface area contributed by atoms with E-state index in [1.807, 2.05) is 12.2 Å². The Balaban J connectivity index is 1.37. The highest BCUT2D eigenvalue weighted by molar-refractivity contribution is 6.06. The molecule has 0 radical (unpaired) electrons. The molecule has 0 aromatic heterocycles. The normalized spacial score (nSPS) is 24.1. The third-order valence-corrected chi connectivity index (χ3v) is 5.71. The van der Waals surface area contributed by atoms with Gasteiger partial charge in [0.2, 0.25) is 11.8 Å². The maximum Gasteiger partial charge on any atom is 0.322 e. The molecule has 28 heavy (non-hydrogen) atoms. The van der Waals surface area contributed by atoms with Crippen LogP contribution in [0.3, 0.4) is 0 Å². The van der Waals surface area contributed by atoms with Crippen molar-refractivity contribution in [3.8, 4) is 11.5 Å². The number of nitrogens with zero attached hydrogens (tertiary/aromatic N) is 2. The van der Waals surface area contributed by atoms with Gasteiger partial charge in [0, 0.05) is 19.2 Å². The number of imide groups is 1. The summed E-state index contributed by atoms with van der Waals surface area (Å²) in [6, 6.07) is 4.59. The second-order valence-electron chi connectivity index (χ2n) is 7.26. The minimum absolute atomic E-state index is 0.0961. The largest absolute Gasteiger partial charge is 0.497 e. The van der Waals surface area contributed by atoms with Gasteiger partial charge in [0.25, 0.3) is 0 Å². The molecular weight excluding hydrogens is 362 g/mol. The van der Waals surface area contributed by atoms with Crippen LogP contribution in [-0.2, 0) is 9.59 Å². The predicted molar refractivity (Wildman–Crippen MR) is 101 cm³/mol. The Hall–Kier alpha value is -3.03. The highest BCUT2D eigenvalue weighted by Gasteiger charge is 2.52. The van der Waals surface area contributed by atoms with Gasteiger partial charge in [-0.05, 0) is 25.0 Å². The number of carbonyl (C=O) groups excluding carboxylic acids is 3. The topological polar surface area (TPSA) is 88.2 Å². The number of allylic oxidation sites excluding steroid dienone is 2. The number of likely N-dealkylation sites (tertiary alicyclic amines) is 2. The van der Waals surface area contributed by atoms with E-state index >= 15 is 0 Å². The zero-order chi connectivity index (χ0) is 19.8. The quantitative estimate of drug-likeness (QED) is 0.631. The first-order valence-electron chi connectivity index (χ1n) is 9.33. The number of rotatable bonds is 4. The zero-order valence-corrected chi connectivity index (χ0v) is 15.9. The zero-order valence-electron chi connectivity index (χ0n) is 15.9. The fourth-order valence-corrected chi connectivity index (χ4v) is 4.07. The number of fused-ring (bicyclic) bond motifs is 1. The SMILES string of the molecule is COc1ccc(NC(=O)N2CC(N3C(=O)[C@H]4CC=CC[C@@H]4C3=O)C2)c(OC)c1. The first-order valence-corrected chi connectivity index (χ1v) is 9.33. The van der Waals surface area contributed by atoms with E-state index in [9.17, 15) is 14.4 Å². The average Bonchev–Trinajstić information content (AvgIpc) is 2.92. The van der Waals surface area contributed by atoms with Crippen molar-refractivity contribution in [3.63, 3.8) is 0 Å². The fourth-order valence-electron chi connectivity index (χ4n) is 4.07. The first-order chi connectivity index (χ1) is 13.5. The van der Waals surface area contributed by atoms with Crippen LogP contribution >= 0.6 is 0 Å². The number of benzene rings is 1. The van der Waals surface area contributed by atoms with Crippen molar-refractivity contribution < 1.29 is 23.9 Å². The molecule has 2 aliphatic heterocycles. The van der Waals surface area contributed by atoms with E-state index < -0.39 is 0 Å². The van der Waals surface area contributed by atoms with E-state index in [2.05, 4.69) is 5.32 Å². The number of amides is 4. The lowest BCUT2D eigenvalue weighted by molar-refractivity contribution is -0.145. The summed E-state index contributed by atoms with van der Waals surface area (Å²) in [4.78, 5) is 40.7. The molecule has 1 N–H and O–H groups in total. The van der Waals surface area contributed by atoms with Crippen LogP contribution < -0.4 is 14.8 Å². The molecule has 2 fully saturated rings. The molecule has 1 aromatic rings. The Morgan fingerprint density at radius 1 is 1.04 bits per heavy atom. The number of nitrogens with one attached hydrogen (secondary N) is 1. The van der Waals surface area contributed by atoms with E-state index in [0.29, 0.717) is 43.1 Å². The van der Waals surface area contributed by atoms with Crippen LogP contribution in [0.15, 0.2) is 30.4 Å². The van der Waals surface area contributed by atoms with Crippen molar-refractivity contribution in [1.29, 1.82) is 0 Å². The number of hydrogen-bond donors (Lipinski definition) is 1. The fraction of sp³-hybridized carbons (Fsp3) is 0.450. The van der Waals surface area contributed by atoms with Crippen LogP contribution in [0.1, 0.15) is 12.8 Å². The summed E-state index contributed by atoms with van der Waals surface area (Å²) >= 11 is 0. The highest BCUT2D eigenvalue weighted by atomic mass is 16.5. The maximum absolute atomic E-state index is 12.6. The molecule has 2 heterocycles. The molecule has 0 unspecified atom stereocenters. The molecule has 148 valence electrons. The average molecular weight is 385 g/mol. The summed E-state index contributed by atoms with van der Waals surface area (Å²) in [6.45, 7) is 0.684. The Labute approximate surface area is 163 Å². The molecule has 2 atom stereocenters. The summed E-state index contributed by atoms with van der Waals surface area (Å²) in [7, 11) is 3.07. The molecule has 4 amide bonds. The summed E-state index contributed by atoms with van der Waals surface area (Å²) in [5.74, 6) is 0.461. The van der Waals surface area contributed by atoms with Gasteiger partial charge in [-0.15, -0.1) is 0 Å². The first kappa shape index (κ1) is 18.3. The summed E-state index contributed by atoms with van der Waals surface area (Å²) < 4.78 is 10.4. The lowest BCUT2D eigenvalue weighted by atomic mass is 9.85. The van der Waals surface area contributed by atoms with Crippen LogP contribution in [0, 0.1) is 11.8 Å². The standard InChI is InChI=1S/C20H23N3O5/c1-27-13-7-8-16(17(9-13)28-2)21-20(26)22-10-12(11-22)23-18(24)14-5-3-4-6-15(14)19(23)25/h3-4,7-9,12,14-15H,5-6,10-11H2,1-2H3,(H,21,26)/t14-,15-/m0/s1. The Morgan fingerprint density at radius 3 is 2.25 bits per heavy atom. The van der Waals surface area contributed by atoms with Gasteiger partial charge >= 0.3 is 6.03 Å². The summed E-state index contributed by atoms with van der Waals surface area (Å²) in [5.41, 5.74) is 0.530. The van der Waals surface area contributed by atoms with Crippen molar-refractivity contribution in [2.24, 2.45) is 11.8 Å². The molecule has 4 rings (SSSR count). The molecule has 0 spiro atoms. The number of anilines is 1. The number of methoxy groups -OCH3 is 2. The van der Waals surface area contributed by atoms with Crippen molar-refractivity contribution in [2.45, 2.75) is 18.9 Å². The number of urea groups is 1. The monoisotopic (exact) mass is 385 g/mol. The van der Waals surface area contributed by atoms with Gasteiger partial charge < -0.3 is 19.7 Å². The Kier molecular flexibility index (Phi) is 4.70. The molecule has 2 saturated heterocycles. The van der Waals surface area contributed by atoms with Crippen molar-refractivity contribution >= 4 is 23.5 Å². The summed E-state index contributed by atoms with van der Waals surface area (Å²) in [6.07, 6.45) is 5.19. The minimum Gasteiger partial charge on any atom is -0.497 e. The maximum atomic E-state index is 12.6. The Bertz CT molecular complexity index is 820. The molecule has 1 aliphatic carbocycles. The second-order valence-corrected chi connectivity index (χ2v) is 7.26. The third-order valence-electron chi connectivity index (χ3n) is 5.71. The van der Waals surface area contributed by atoms with Crippen LogP contribution in [0.4, 0.5) is 10.5 Å². The smallest absolute Gasteiger partial charge is 0.322 e. The number of ether oxygens (including phenoxy) is 2. The van der Waals surface area contributed by atoms with Crippen molar-refractivity contribution in [2.75, 3.05) is 32.6 Å². The second kappa shape index (κ2) is 7.18. The van der Waals surface area contributed by atoms with E-state index in [4.69, 9.17) is 9.47 Å². The van der Waals surface area contributed by atoms with Gasteiger partial charge in [0.15, 0.2) is 0 Å². The van der Waals surface area contributed by atoms with E-state index in [1.165, 1.54) is 12.0 Å². The van der Waals surface area contributed by atoms with Crippen molar-refractivity contribution in [3.05, 3.63) is 30.4 Å². The van der Waals surface area contributed by atoms with Crippen LogP contribution in [-0.4, -0.2) is 61.0 Å². The van der Waals surface area contributed by atoms with Crippen LogP contribution in [0.5, 0.6) is 11.5 Å². The molecule has 8 heteroatoms. The van der Waals surface area contributed by atoms with Gasteiger partial charge in [-0.25, -0.2) is 4.79 Å². The molecule has 0 saturated carbocycles. The van der Waals surface area contributed by atoms with Crippen LogP contribution in [0.2, 0.25) is 0 Å². The number of hydrogen-bond acceptors (Lipinski definition) is 5. The van der Waals surface area contributed by atoms with E-state index in [0.717, 1.165) is 0 Å². The molecule has 8 nitrogen and oxygen atoms in total. The lowest BCUT2D eigenvalue weighted by Gasteiger charge is -2.43. The van der Waals surface area contributed by atoms with Gasteiger partial charge in [0.1, 0.15) is 11.5 Å². The van der Waals surface area contributed by atoms with Gasteiger partial charge in [0.05, 0.1) is 37.8 Å². The lowest BCUT2D eigenvalue weighted by Crippen LogP contribution is -2.63. The molecule has 0 bridgehead atoms. The van der Waals surface area contributed by atoms with E-state index in [-0.39, 0.29) is 35.7 Å². The Morgan fingerprint density at radius 2 is 1.68 bits per heavy atom. The van der Waals surface area contributed by atoms with Crippen molar-refractivity contribution in [1.82, 2.24) is 9.80 Å². The highest BCUT2D eigenvalue weighted by Crippen LogP contribution is 2.37. The third kappa shape index (κ3) is 2.98. The van der Waals surface area contributed by atoms with Gasteiger partial charge in [-0.2, -0.15) is 0 Å².